The maximum absolute atomic E-state index is 12.4. The van der Waals surface area contributed by atoms with Crippen molar-refractivity contribution in [2.45, 2.75) is 46.7 Å². The van der Waals surface area contributed by atoms with Gasteiger partial charge in [0, 0.05) is 7.05 Å². The van der Waals surface area contributed by atoms with Crippen LogP contribution in [0.25, 0.3) is 0 Å². The van der Waals surface area contributed by atoms with E-state index >= 15 is 0 Å². The molecule has 2 atom stereocenters. The monoisotopic (exact) mass is 262 g/mol. The van der Waals surface area contributed by atoms with Crippen LogP contribution in [0.5, 0.6) is 0 Å². The molecule has 2 N–H and O–H groups in total. The zero-order valence-electron chi connectivity index (χ0n) is 12.9. The first-order chi connectivity index (χ1) is 8.64. The number of aryl methyl sites for hydroxylation is 1. The molecule has 0 aliphatic rings. The van der Waals surface area contributed by atoms with Crippen molar-refractivity contribution < 1.29 is 4.79 Å². The molecule has 3 nitrogen and oxygen atoms in total. The highest BCUT2D eigenvalue weighted by atomic mass is 16.2. The SMILES string of the molecule is Cc1ccc(C(C)N(C)C(=O)[C@@H](N)C(C)(C)C)cc1. The molecule has 0 saturated heterocycles. The number of hydrogen-bond acceptors (Lipinski definition) is 2. The minimum Gasteiger partial charge on any atom is -0.338 e. The number of nitrogens with zero attached hydrogens (tertiary/aromatic N) is 1. The number of rotatable bonds is 3. The number of hydrogen-bond donors (Lipinski definition) is 1. The second kappa shape index (κ2) is 5.74. The molecule has 0 radical (unpaired) electrons. The van der Waals surface area contributed by atoms with Gasteiger partial charge in [0.25, 0.3) is 0 Å². The Hall–Kier alpha value is -1.35. The Labute approximate surface area is 116 Å². The highest BCUT2D eigenvalue weighted by Crippen LogP contribution is 2.24. The van der Waals surface area contributed by atoms with Gasteiger partial charge in [-0.25, -0.2) is 0 Å². The lowest BCUT2D eigenvalue weighted by Crippen LogP contribution is -2.49. The summed E-state index contributed by atoms with van der Waals surface area (Å²) in [7, 11) is 1.82. The van der Waals surface area contributed by atoms with Gasteiger partial charge in [-0.1, -0.05) is 50.6 Å². The second-order valence-electron chi connectivity index (χ2n) is 6.38. The van der Waals surface area contributed by atoms with Crippen molar-refractivity contribution in [2.24, 2.45) is 11.1 Å². The molecule has 3 heteroatoms. The Morgan fingerprint density at radius 1 is 1.21 bits per heavy atom. The molecule has 0 aliphatic carbocycles. The Morgan fingerprint density at radius 3 is 2.11 bits per heavy atom. The van der Waals surface area contributed by atoms with Crippen molar-refractivity contribution in [2.75, 3.05) is 7.05 Å². The van der Waals surface area contributed by atoms with Crippen LogP contribution in [0.4, 0.5) is 0 Å². The molecule has 0 bridgehead atoms. The number of carbonyl (C=O) groups excluding carboxylic acids is 1. The summed E-state index contributed by atoms with van der Waals surface area (Å²) in [5.74, 6) is -0.0134. The quantitative estimate of drug-likeness (QED) is 0.910. The Kier molecular flexibility index (Phi) is 4.75. The van der Waals surface area contributed by atoms with Crippen LogP contribution in [0.2, 0.25) is 0 Å². The number of carbonyl (C=O) groups is 1. The van der Waals surface area contributed by atoms with Crippen LogP contribution in [-0.2, 0) is 4.79 Å². The van der Waals surface area contributed by atoms with Crippen LogP contribution in [0, 0.1) is 12.3 Å². The molecule has 0 saturated carbocycles. The first kappa shape index (κ1) is 15.7. The van der Waals surface area contributed by atoms with Gasteiger partial charge in [-0.3, -0.25) is 4.79 Å². The van der Waals surface area contributed by atoms with Crippen molar-refractivity contribution in [3.05, 3.63) is 35.4 Å². The second-order valence-corrected chi connectivity index (χ2v) is 6.38. The van der Waals surface area contributed by atoms with E-state index in [9.17, 15) is 4.79 Å². The van der Waals surface area contributed by atoms with Gasteiger partial charge in [-0.2, -0.15) is 0 Å². The summed E-state index contributed by atoms with van der Waals surface area (Å²) in [6.45, 7) is 10.0. The van der Waals surface area contributed by atoms with Crippen molar-refractivity contribution in [1.82, 2.24) is 4.90 Å². The number of benzene rings is 1. The molecule has 1 aromatic carbocycles. The van der Waals surface area contributed by atoms with E-state index in [1.165, 1.54) is 5.56 Å². The van der Waals surface area contributed by atoms with Gasteiger partial charge in [0.1, 0.15) is 0 Å². The lowest BCUT2D eigenvalue weighted by Gasteiger charge is -2.33. The van der Waals surface area contributed by atoms with E-state index < -0.39 is 6.04 Å². The van der Waals surface area contributed by atoms with E-state index in [4.69, 9.17) is 5.73 Å². The third-order valence-corrected chi connectivity index (χ3v) is 3.69. The lowest BCUT2D eigenvalue weighted by molar-refractivity contribution is -0.135. The average Bonchev–Trinajstić information content (AvgIpc) is 2.35. The fourth-order valence-electron chi connectivity index (χ4n) is 1.85. The fourth-order valence-corrected chi connectivity index (χ4v) is 1.85. The molecule has 0 spiro atoms. The highest BCUT2D eigenvalue weighted by molar-refractivity contribution is 5.82. The smallest absolute Gasteiger partial charge is 0.240 e. The van der Waals surface area contributed by atoms with Crippen molar-refractivity contribution >= 4 is 5.91 Å². The van der Waals surface area contributed by atoms with Crippen molar-refractivity contribution in [1.29, 1.82) is 0 Å². The minimum atomic E-state index is -0.481. The lowest BCUT2D eigenvalue weighted by atomic mass is 9.86. The van der Waals surface area contributed by atoms with Crippen LogP contribution >= 0.6 is 0 Å². The van der Waals surface area contributed by atoms with Gasteiger partial charge in [0.2, 0.25) is 5.91 Å². The zero-order chi connectivity index (χ0) is 14.8. The highest BCUT2D eigenvalue weighted by Gasteiger charge is 2.31. The summed E-state index contributed by atoms with van der Waals surface area (Å²) in [6, 6.07) is 7.80. The van der Waals surface area contributed by atoms with Crippen LogP contribution in [0.15, 0.2) is 24.3 Å². The van der Waals surface area contributed by atoms with Crippen molar-refractivity contribution in [3.63, 3.8) is 0 Å². The third kappa shape index (κ3) is 3.80. The normalized spacial score (nSPS) is 14.9. The Bertz CT molecular complexity index is 431. The van der Waals surface area contributed by atoms with Gasteiger partial charge >= 0.3 is 0 Å². The van der Waals surface area contributed by atoms with Crippen molar-refractivity contribution in [3.8, 4) is 0 Å². The summed E-state index contributed by atoms with van der Waals surface area (Å²) in [6.07, 6.45) is 0. The first-order valence-corrected chi connectivity index (χ1v) is 6.73. The number of likely N-dealkylation sites (N-methyl/N-ethyl adjacent to an activating group) is 1. The van der Waals surface area contributed by atoms with E-state index in [2.05, 4.69) is 31.2 Å². The average molecular weight is 262 g/mol. The molecule has 0 heterocycles. The van der Waals surface area contributed by atoms with Gasteiger partial charge in [-0.05, 0) is 24.8 Å². The summed E-state index contributed by atoms with van der Waals surface area (Å²) in [4.78, 5) is 14.1. The maximum Gasteiger partial charge on any atom is 0.240 e. The molecule has 106 valence electrons. The molecule has 0 aromatic heterocycles. The molecule has 0 fully saturated rings. The third-order valence-electron chi connectivity index (χ3n) is 3.69. The Balaban J connectivity index is 2.85. The molecule has 1 aromatic rings. The van der Waals surface area contributed by atoms with E-state index in [0.717, 1.165) is 5.56 Å². The standard InChI is InChI=1S/C16H26N2O/c1-11-7-9-13(10-8-11)12(2)18(6)15(19)14(17)16(3,4)5/h7-10,12,14H,17H2,1-6H3/t12?,14-/m1/s1. The van der Waals surface area contributed by atoms with Crippen LogP contribution in [0.1, 0.15) is 44.9 Å². The molecular weight excluding hydrogens is 236 g/mol. The summed E-state index contributed by atoms with van der Waals surface area (Å²) in [5.41, 5.74) is 8.17. The van der Waals surface area contributed by atoms with Crippen LogP contribution in [0.3, 0.4) is 0 Å². The predicted octanol–water partition coefficient (Wildman–Crippen LogP) is 2.89. The molecular formula is C16H26N2O. The van der Waals surface area contributed by atoms with Crippen LogP contribution < -0.4 is 5.73 Å². The topological polar surface area (TPSA) is 46.3 Å². The van der Waals surface area contributed by atoms with Gasteiger partial charge in [-0.15, -0.1) is 0 Å². The molecule has 0 aliphatic heterocycles. The summed E-state index contributed by atoms with van der Waals surface area (Å²) >= 11 is 0. The van der Waals surface area contributed by atoms with Gasteiger partial charge in [0.05, 0.1) is 12.1 Å². The Morgan fingerprint density at radius 2 is 1.68 bits per heavy atom. The number of nitrogens with two attached hydrogens (primary N) is 1. The van der Waals surface area contributed by atoms with E-state index in [1.54, 1.807) is 4.90 Å². The molecule has 1 amide bonds. The maximum atomic E-state index is 12.4. The molecule has 1 unspecified atom stereocenters. The molecule has 19 heavy (non-hydrogen) atoms. The van der Waals surface area contributed by atoms with Crippen LogP contribution in [-0.4, -0.2) is 23.9 Å². The fraction of sp³-hybridized carbons (Fsp3) is 0.562. The largest absolute Gasteiger partial charge is 0.338 e. The minimum absolute atomic E-state index is 0.0134. The van der Waals surface area contributed by atoms with Gasteiger partial charge < -0.3 is 10.6 Å². The van der Waals surface area contributed by atoms with E-state index in [-0.39, 0.29) is 17.4 Å². The zero-order valence-corrected chi connectivity index (χ0v) is 12.9. The van der Waals surface area contributed by atoms with E-state index in [1.807, 2.05) is 34.7 Å². The predicted molar refractivity (Wildman–Crippen MR) is 79.8 cm³/mol. The van der Waals surface area contributed by atoms with Gasteiger partial charge in [0.15, 0.2) is 0 Å². The first-order valence-electron chi connectivity index (χ1n) is 6.73. The van der Waals surface area contributed by atoms with E-state index in [0.29, 0.717) is 0 Å². The summed E-state index contributed by atoms with van der Waals surface area (Å²) in [5, 5.41) is 0. The number of amides is 1. The molecule has 1 rings (SSSR count). The summed E-state index contributed by atoms with van der Waals surface area (Å²) < 4.78 is 0.